The lowest BCUT2D eigenvalue weighted by Gasteiger charge is -2.23. The highest BCUT2D eigenvalue weighted by atomic mass is 19.4. The van der Waals surface area contributed by atoms with Crippen molar-refractivity contribution in [2.75, 3.05) is 6.54 Å². The van der Waals surface area contributed by atoms with E-state index in [0.29, 0.717) is 37.2 Å². The highest BCUT2D eigenvalue weighted by Crippen LogP contribution is 2.37. The Morgan fingerprint density at radius 2 is 2.03 bits per heavy atom. The summed E-state index contributed by atoms with van der Waals surface area (Å²) in [5.74, 6) is 0.722. The molecule has 9 heteroatoms. The second-order valence-corrected chi connectivity index (χ2v) is 8.19. The van der Waals surface area contributed by atoms with Crippen LogP contribution in [0.4, 0.5) is 13.2 Å². The quantitative estimate of drug-likeness (QED) is 0.756. The monoisotopic (exact) mass is 410 g/mol. The number of hydrogen-bond acceptors (Lipinski definition) is 4. The van der Waals surface area contributed by atoms with Crippen LogP contribution in [0.3, 0.4) is 0 Å². The average Bonchev–Trinajstić information content (AvgIpc) is 3.39. The van der Waals surface area contributed by atoms with Gasteiger partial charge >= 0.3 is 6.18 Å². The van der Waals surface area contributed by atoms with Gasteiger partial charge in [0.25, 0.3) is 0 Å². The number of rotatable bonds is 4. The lowest BCUT2D eigenvalue weighted by Crippen LogP contribution is -2.34. The fourth-order valence-electron chi connectivity index (χ4n) is 4.35. The van der Waals surface area contributed by atoms with Crippen molar-refractivity contribution in [1.82, 2.24) is 19.8 Å². The zero-order chi connectivity index (χ0) is 20.8. The number of fused-ring (bicyclic) bond motifs is 1. The van der Waals surface area contributed by atoms with Gasteiger partial charge in [-0.25, -0.2) is 0 Å². The lowest BCUT2D eigenvalue weighted by atomic mass is 9.95. The smallest absolute Gasteiger partial charge is 0.361 e. The first-order valence-electron chi connectivity index (χ1n) is 10.2. The zero-order valence-corrected chi connectivity index (χ0v) is 16.6. The maximum absolute atomic E-state index is 13.4. The third-order valence-electron chi connectivity index (χ3n) is 5.84. The topological polar surface area (TPSA) is 64.2 Å². The third-order valence-corrected chi connectivity index (χ3v) is 5.84. The summed E-state index contributed by atoms with van der Waals surface area (Å²) in [7, 11) is 0. The Labute approximate surface area is 167 Å². The first-order valence-corrected chi connectivity index (χ1v) is 10.2. The van der Waals surface area contributed by atoms with Gasteiger partial charge in [-0.05, 0) is 38.5 Å². The number of halogens is 3. The molecule has 0 bridgehead atoms. The van der Waals surface area contributed by atoms with E-state index in [9.17, 15) is 18.0 Å². The van der Waals surface area contributed by atoms with Gasteiger partial charge in [-0.2, -0.15) is 18.3 Å². The Bertz CT molecular complexity index is 900. The molecule has 1 fully saturated rings. The Morgan fingerprint density at radius 3 is 2.72 bits per heavy atom. The average molecular weight is 410 g/mol. The molecule has 6 nitrogen and oxygen atoms in total. The highest BCUT2D eigenvalue weighted by Gasteiger charge is 2.40. The van der Waals surface area contributed by atoms with Crippen LogP contribution < -0.4 is 0 Å². The number of aromatic nitrogens is 3. The predicted molar refractivity (Wildman–Crippen MR) is 98.2 cm³/mol. The first kappa shape index (κ1) is 20.0. The molecular weight excluding hydrogens is 385 g/mol. The van der Waals surface area contributed by atoms with Crippen LogP contribution in [0, 0.1) is 0 Å². The number of nitrogens with zero attached hydrogens (tertiary/aromatic N) is 4. The summed E-state index contributed by atoms with van der Waals surface area (Å²) in [6.07, 6.45) is -0.495. The molecule has 1 amide bonds. The summed E-state index contributed by atoms with van der Waals surface area (Å²) in [5.41, 5.74) is 0.679. The Balaban J connectivity index is 1.56. The zero-order valence-electron chi connectivity index (χ0n) is 16.6. The summed E-state index contributed by atoms with van der Waals surface area (Å²) in [6, 6.07) is 1.67. The van der Waals surface area contributed by atoms with Crippen molar-refractivity contribution in [2.45, 2.75) is 77.1 Å². The number of carbonyl (C=O) groups is 1. The molecule has 2 aromatic heterocycles. The van der Waals surface area contributed by atoms with Crippen LogP contribution in [-0.4, -0.2) is 32.3 Å². The van der Waals surface area contributed by atoms with Gasteiger partial charge in [-0.3, -0.25) is 9.48 Å². The molecule has 0 saturated carbocycles. The largest absolute Gasteiger partial charge is 0.435 e. The van der Waals surface area contributed by atoms with Crippen LogP contribution in [0.15, 0.2) is 10.6 Å². The number of amides is 1. The van der Waals surface area contributed by atoms with Gasteiger partial charge in [0.05, 0.1) is 6.04 Å². The molecule has 1 aliphatic heterocycles. The van der Waals surface area contributed by atoms with Crippen LogP contribution in [0.5, 0.6) is 0 Å². The van der Waals surface area contributed by atoms with Crippen LogP contribution in [0.1, 0.15) is 79.9 Å². The molecule has 29 heavy (non-hydrogen) atoms. The molecule has 1 unspecified atom stereocenters. The van der Waals surface area contributed by atoms with E-state index in [4.69, 9.17) is 4.52 Å². The molecule has 0 aromatic carbocycles. The number of likely N-dealkylation sites (tertiary alicyclic amines) is 1. The Hall–Kier alpha value is -2.32. The molecule has 0 N–H and O–H groups in total. The predicted octanol–water partition coefficient (Wildman–Crippen LogP) is 4.26. The molecule has 4 rings (SSSR count). The van der Waals surface area contributed by atoms with Gasteiger partial charge < -0.3 is 9.42 Å². The van der Waals surface area contributed by atoms with Crippen molar-refractivity contribution in [3.63, 3.8) is 0 Å². The normalized spacial score (nSPS) is 19.8. The minimum atomic E-state index is -4.50. The van der Waals surface area contributed by atoms with E-state index in [1.165, 1.54) is 4.68 Å². The highest BCUT2D eigenvalue weighted by molar-refractivity contribution is 5.77. The van der Waals surface area contributed by atoms with Crippen LogP contribution >= 0.6 is 0 Å². The van der Waals surface area contributed by atoms with Crippen LogP contribution in [-0.2, 0) is 30.4 Å². The fourth-order valence-corrected chi connectivity index (χ4v) is 4.35. The summed E-state index contributed by atoms with van der Waals surface area (Å²) >= 11 is 0. The maximum Gasteiger partial charge on any atom is 0.435 e. The van der Waals surface area contributed by atoms with Crippen molar-refractivity contribution in [3.05, 3.63) is 34.5 Å². The van der Waals surface area contributed by atoms with E-state index in [-0.39, 0.29) is 30.0 Å². The van der Waals surface area contributed by atoms with Crippen LogP contribution in [0.25, 0.3) is 0 Å². The van der Waals surface area contributed by atoms with Gasteiger partial charge in [-0.15, -0.1) is 0 Å². The SMILES string of the molecule is CC(C)c1cc(C2CCCN2C(=O)Cn2nc(C(F)(F)F)c3c2CCCC3)no1. The maximum atomic E-state index is 13.4. The van der Waals surface area contributed by atoms with E-state index in [2.05, 4.69) is 10.3 Å². The second-order valence-electron chi connectivity index (χ2n) is 8.19. The van der Waals surface area contributed by atoms with Gasteiger partial charge in [0.1, 0.15) is 18.0 Å². The number of carbonyl (C=O) groups excluding carboxylic acids is 1. The van der Waals surface area contributed by atoms with Crippen molar-refractivity contribution in [2.24, 2.45) is 0 Å². The summed E-state index contributed by atoms with van der Waals surface area (Å²) in [4.78, 5) is 14.7. The van der Waals surface area contributed by atoms with Crippen molar-refractivity contribution in [1.29, 1.82) is 0 Å². The van der Waals surface area contributed by atoms with Gasteiger partial charge in [0.2, 0.25) is 5.91 Å². The molecule has 2 aromatic rings. The van der Waals surface area contributed by atoms with Crippen molar-refractivity contribution in [3.8, 4) is 0 Å². The van der Waals surface area contributed by atoms with E-state index in [1.54, 1.807) is 4.90 Å². The minimum absolute atomic E-state index is 0.177. The van der Waals surface area contributed by atoms with Crippen LogP contribution in [0.2, 0.25) is 0 Å². The fraction of sp³-hybridized carbons (Fsp3) is 0.650. The van der Waals surface area contributed by atoms with Crippen molar-refractivity contribution < 1.29 is 22.5 Å². The molecule has 3 heterocycles. The van der Waals surface area contributed by atoms with E-state index in [0.717, 1.165) is 25.0 Å². The number of hydrogen-bond donors (Lipinski definition) is 0. The summed E-state index contributed by atoms with van der Waals surface area (Å²) < 4.78 is 46.8. The summed E-state index contributed by atoms with van der Waals surface area (Å²) in [5, 5.41) is 7.94. The van der Waals surface area contributed by atoms with Gasteiger partial charge in [0, 0.05) is 29.8 Å². The second kappa shape index (κ2) is 7.50. The lowest BCUT2D eigenvalue weighted by molar-refractivity contribution is -0.142. The van der Waals surface area contributed by atoms with E-state index >= 15 is 0 Å². The molecule has 0 spiro atoms. The van der Waals surface area contributed by atoms with E-state index in [1.807, 2.05) is 19.9 Å². The molecule has 1 saturated heterocycles. The Morgan fingerprint density at radius 1 is 1.28 bits per heavy atom. The molecular formula is C20H25F3N4O2. The first-order chi connectivity index (χ1) is 13.8. The van der Waals surface area contributed by atoms with E-state index < -0.39 is 11.9 Å². The standard InChI is InChI=1S/C20H25F3N4O2/c1-12(2)17-10-14(25-29-17)16-8-5-9-26(16)18(28)11-27-15-7-4-3-6-13(15)19(24-27)20(21,22)23/h10,12,16H,3-9,11H2,1-2H3. The van der Waals surface area contributed by atoms with Gasteiger partial charge in [0.15, 0.2) is 5.69 Å². The molecule has 2 aliphatic rings. The molecule has 158 valence electrons. The molecule has 0 radical (unpaired) electrons. The number of alkyl halides is 3. The Kier molecular flexibility index (Phi) is 5.16. The van der Waals surface area contributed by atoms with Crippen molar-refractivity contribution >= 4 is 5.91 Å². The molecule has 1 aliphatic carbocycles. The van der Waals surface area contributed by atoms with Gasteiger partial charge in [-0.1, -0.05) is 19.0 Å². The minimum Gasteiger partial charge on any atom is -0.361 e. The summed E-state index contributed by atoms with van der Waals surface area (Å²) in [6.45, 7) is 4.38. The third kappa shape index (κ3) is 3.79. The molecule has 1 atom stereocenters.